The van der Waals surface area contributed by atoms with Crippen LogP contribution in [0, 0.1) is 5.41 Å². The van der Waals surface area contributed by atoms with Crippen molar-refractivity contribution in [2.45, 2.75) is 20.8 Å². The molecular formula is C22H21N3O. The topological polar surface area (TPSA) is 57.8 Å². The molecule has 0 aliphatic carbocycles. The van der Waals surface area contributed by atoms with Gasteiger partial charge in [-0.3, -0.25) is 9.78 Å². The maximum absolute atomic E-state index is 12.4. The van der Waals surface area contributed by atoms with E-state index in [0.717, 1.165) is 38.8 Å². The Bertz CT molecular complexity index is 1120. The van der Waals surface area contributed by atoms with Gasteiger partial charge in [0.15, 0.2) is 0 Å². The summed E-state index contributed by atoms with van der Waals surface area (Å²) >= 11 is 0. The smallest absolute Gasteiger partial charge is 0.229 e. The number of benzene rings is 2. The zero-order chi connectivity index (χ0) is 18.3. The van der Waals surface area contributed by atoms with E-state index in [9.17, 15) is 4.79 Å². The normalized spacial score (nSPS) is 11.8. The highest BCUT2D eigenvalue weighted by Gasteiger charge is 2.22. The molecular weight excluding hydrogens is 322 g/mol. The Morgan fingerprint density at radius 3 is 2.54 bits per heavy atom. The first-order valence-corrected chi connectivity index (χ1v) is 8.71. The second-order valence-electron chi connectivity index (χ2n) is 7.54. The number of aromatic amines is 1. The number of anilines is 1. The number of pyridine rings is 1. The molecule has 0 unspecified atom stereocenters. The molecule has 2 aromatic carbocycles. The predicted octanol–water partition coefficient (Wildman–Crippen LogP) is 5.37. The molecule has 130 valence electrons. The fourth-order valence-corrected chi connectivity index (χ4v) is 3.02. The van der Waals surface area contributed by atoms with Crippen molar-refractivity contribution in [3.8, 4) is 11.1 Å². The van der Waals surface area contributed by atoms with E-state index >= 15 is 0 Å². The Morgan fingerprint density at radius 1 is 1.00 bits per heavy atom. The van der Waals surface area contributed by atoms with Crippen molar-refractivity contribution in [2.75, 3.05) is 5.32 Å². The predicted molar refractivity (Wildman–Crippen MR) is 107 cm³/mol. The van der Waals surface area contributed by atoms with Gasteiger partial charge in [0.2, 0.25) is 5.91 Å². The standard InChI is InChI=1S/C22H21N3O/c1-22(2,3)21(26)25-17-10-6-4-8-15(17)14-12-19-20(23-13-14)16-9-5-7-11-18(16)24-19/h4-13,24H,1-3H3,(H,25,26). The number of H-pyrrole nitrogens is 1. The van der Waals surface area contributed by atoms with Crippen LogP contribution in [-0.4, -0.2) is 15.9 Å². The van der Waals surface area contributed by atoms with E-state index in [-0.39, 0.29) is 5.91 Å². The zero-order valence-electron chi connectivity index (χ0n) is 15.1. The second kappa shape index (κ2) is 5.99. The van der Waals surface area contributed by atoms with Gasteiger partial charge in [-0.25, -0.2) is 0 Å². The molecule has 26 heavy (non-hydrogen) atoms. The lowest BCUT2D eigenvalue weighted by atomic mass is 9.95. The number of carbonyl (C=O) groups excluding carboxylic acids is 1. The fourth-order valence-electron chi connectivity index (χ4n) is 3.02. The minimum absolute atomic E-state index is 0.00963. The molecule has 0 spiro atoms. The van der Waals surface area contributed by atoms with Gasteiger partial charge in [0, 0.05) is 39.3 Å². The lowest BCUT2D eigenvalue weighted by Gasteiger charge is -2.19. The highest BCUT2D eigenvalue weighted by molar-refractivity contribution is 6.06. The van der Waals surface area contributed by atoms with Crippen LogP contribution in [0.3, 0.4) is 0 Å². The van der Waals surface area contributed by atoms with Crippen LogP contribution in [0.25, 0.3) is 33.1 Å². The van der Waals surface area contributed by atoms with Crippen LogP contribution in [0.15, 0.2) is 60.8 Å². The van der Waals surface area contributed by atoms with E-state index in [1.165, 1.54) is 0 Å². The van der Waals surface area contributed by atoms with Crippen LogP contribution in [-0.2, 0) is 4.79 Å². The highest BCUT2D eigenvalue weighted by atomic mass is 16.2. The first-order chi connectivity index (χ1) is 12.4. The third-order valence-corrected chi connectivity index (χ3v) is 4.51. The summed E-state index contributed by atoms with van der Waals surface area (Å²) < 4.78 is 0. The van der Waals surface area contributed by atoms with E-state index in [1.807, 2.05) is 69.4 Å². The fraction of sp³-hybridized carbons (Fsp3) is 0.182. The minimum atomic E-state index is -0.452. The van der Waals surface area contributed by atoms with Gasteiger partial charge in [-0.05, 0) is 18.2 Å². The zero-order valence-corrected chi connectivity index (χ0v) is 15.1. The molecule has 0 saturated heterocycles. The van der Waals surface area contributed by atoms with Crippen LogP contribution in [0.4, 0.5) is 5.69 Å². The highest BCUT2D eigenvalue weighted by Crippen LogP contribution is 2.32. The van der Waals surface area contributed by atoms with Crippen molar-refractivity contribution < 1.29 is 4.79 Å². The van der Waals surface area contributed by atoms with Gasteiger partial charge in [0.25, 0.3) is 0 Å². The van der Waals surface area contributed by atoms with Gasteiger partial charge in [0.1, 0.15) is 0 Å². The summed E-state index contributed by atoms with van der Waals surface area (Å²) in [6, 6.07) is 18.1. The Kier molecular flexibility index (Phi) is 3.76. The summed E-state index contributed by atoms with van der Waals surface area (Å²) in [5.41, 5.74) is 5.28. The molecule has 0 bridgehead atoms. The molecule has 2 aromatic heterocycles. The Balaban J connectivity index is 1.80. The Hall–Kier alpha value is -3.14. The monoisotopic (exact) mass is 343 g/mol. The molecule has 0 atom stereocenters. The van der Waals surface area contributed by atoms with Crippen molar-refractivity contribution in [3.05, 3.63) is 60.8 Å². The molecule has 4 nitrogen and oxygen atoms in total. The molecule has 4 aromatic rings. The van der Waals surface area contributed by atoms with Crippen LogP contribution in [0.1, 0.15) is 20.8 Å². The Morgan fingerprint density at radius 2 is 1.73 bits per heavy atom. The Labute approximate surface area is 152 Å². The van der Waals surface area contributed by atoms with Gasteiger partial charge in [0.05, 0.1) is 11.0 Å². The number of amides is 1. The van der Waals surface area contributed by atoms with Gasteiger partial charge in [-0.15, -0.1) is 0 Å². The molecule has 4 heteroatoms. The lowest BCUT2D eigenvalue weighted by molar-refractivity contribution is -0.123. The maximum atomic E-state index is 12.4. The van der Waals surface area contributed by atoms with Crippen LogP contribution < -0.4 is 5.32 Å². The van der Waals surface area contributed by atoms with E-state index < -0.39 is 5.41 Å². The molecule has 0 saturated carbocycles. The van der Waals surface area contributed by atoms with Crippen molar-refractivity contribution >= 4 is 33.5 Å². The number of carbonyl (C=O) groups is 1. The molecule has 0 aliphatic heterocycles. The maximum Gasteiger partial charge on any atom is 0.229 e. The average Bonchev–Trinajstić information content (AvgIpc) is 2.99. The van der Waals surface area contributed by atoms with Crippen molar-refractivity contribution in [2.24, 2.45) is 5.41 Å². The summed E-state index contributed by atoms with van der Waals surface area (Å²) in [6.07, 6.45) is 1.87. The third-order valence-electron chi connectivity index (χ3n) is 4.51. The SMILES string of the molecule is CC(C)(C)C(=O)Nc1ccccc1-c1cnc2c(c1)[nH]c1ccccc12. The van der Waals surface area contributed by atoms with E-state index in [0.29, 0.717) is 0 Å². The third kappa shape index (κ3) is 2.84. The number of nitrogens with zero attached hydrogens (tertiary/aromatic N) is 1. The largest absolute Gasteiger partial charge is 0.353 e. The number of hydrogen-bond acceptors (Lipinski definition) is 2. The van der Waals surface area contributed by atoms with Crippen molar-refractivity contribution in [3.63, 3.8) is 0 Å². The lowest BCUT2D eigenvalue weighted by Crippen LogP contribution is -2.27. The molecule has 4 rings (SSSR count). The van der Waals surface area contributed by atoms with Crippen LogP contribution in [0.2, 0.25) is 0 Å². The van der Waals surface area contributed by atoms with Gasteiger partial charge >= 0.3 is 0 Å². The summed E-state index contributed by atoms with van der Waals surface area (Å²) in [5, 5.41) is 4.16. The summed E-state index contributed by atoms with van der Waals surface area (Å²) in [7, 11) is 0. The second-order valence-corrected chi connectivity index (χ2v) is 7.54. The number of fused-ring (bicyclic) bond motifs is 3. The number of hydrogen-bond donors (Lipinski definition) is 2. The summed E-state index contributed by atoms with van der Waals surface area (Å²) in [4.78, 5) is 20.5. The average molecular weight is 343 g/mol. The molecule has 0 fully saturated rings. The van der Waals surface area contributed by atoms with Crippen molar-refractivity contribution in [1.82, 2.24) is 9.97 Å². The van der Waals surface area contributed by atoms with E-state index in [4.69, 9.17) is 0 Å². The molecule has 2 N–H and O–H groups in total. The van der Waals surface area contributed by atoms with Gasteiger partial charge in [-0.2, -0.15) is 0 Å². The van der Waals surface area contributed by atoms with Crippen LogP contribution in [0.5, 0.6) is 0 Å². The first kappa shape index (κ1) is 16.3. The van der Waals surface area contributed by atoms with Crippen LogP contribution >= 0.6 is 0 Å². The number of nitrogens with one attached hydrogen (secondary N) is 2. The van der Waals surface area contributed by atoms with Crippen molar-refractivity contribution in [1.29, 1.82) is 0 Å². The van der Waals surface area contributed by atoms with Gasteiger partial charge < -0.3 is 10.3 Å². The minimum Gasteiger partial charge on any atom is -0.353 e. The molecule has 0 radical (unpaired) electrons. The number of rotatable bonds is 2. The molecule has 2 heterocycles. The quantitative estimate of drug-likeness (QED) is 0.514. The summed E-state index contributed by atoms with van der Waals surface area (Å²) in [5.74, 6) is -0.00963. The number of para-hydroxylation sites is 2. The van der Waals surface area contributed by atoms with E-state index in [1.54, 1.807) is 0 Å². The first-order valence-electron chi connectivity index (χ1n) is 8.71. The molecule has 0 aliphatic rings. The molecule has 1 amide bonds. The van der Waals surface area contributed by atoms with E-state index in [2.05, 4.69) is 27.4 Å². The van der Waals surface area contributed by atoms with Gasteiger partial charge in [-0.1, -0.05) is 57.2 Å². The summed E-state index contributed by atoms with van der Waals surface area (Å²) in [6.45, 7) is 5.72. The number of aromatic nitrogens is 2.